The molecule has 0 heterocycles. The van der Waals surface area contributed by atoms with E-state index in [1.54, 1.807) is 0 Å². The van der Waals surface area contributed by atoms with Gasteiger partial charge < -0.3 is 5.32 Å². The maximum Gasteiger partial charge on any atom is 0.0380 e. The van der Waals surface area contributed by atoms with Gasteiger partial charge in [0, 0.05) is 22.7 Å². The topological polar surface area (TPSA) is 12.0 Å². The molecule has 0 aliphatic heterocycles. The highest BCUT2D eigenvalue weighted by Crippen LogP contribution is 2.32. The van der Waals surface area contributed by atoms with E-state index in [2.05, 4.69) is 77.7 Å². The van der Waals surface area contributed by atoms with E-state index >= 15 is 0 Å². The van der Waals surface area contributed by atoms with Crippen molar-refractivity contribution < 1.29 is 0 Å². The number of para-hydroxylation sites is 1. The van der Waals surface area contributed by atoms with E-state index in [0.29, 0.717) is 6.04 Å². The zero-order chi connectivity index (χ0) is 14.3. The molecule has 0 radical (unpaired) electrons. The number of hydrogen-bond acceptors (Lipinski definition) is 2. The van der Waals surface area contributed by atoms with Gasteiger partial charge in [-0.2, -0.15) is 11.8 Å². The second-order valence-electron chi connectivity index (χ2n) is 5.74. The van der Waals surface area contributed by atoms with Gasteiger partial charge in [-0.05, 0) is 30.5 Å². The molecule has 1 saturated carbocycles. The van der Waals surface area contributed by atoms with Crippen LogP contribution in [-0.2, 0) is 5.75 Å². The van der Waals surface area contributed by atoms with Crippen molar-refractivity contribution in [3.05, 3.63) is 66.2 Å². The summed E-state index contributed by atoms with van der Waals surface area (Å²) < 4.78 is 0. The first-order valence-electron chi connectivity index (χ1n) is 7.89. The molecule has 1 nitrogen and oxygen atoms in total. The van der Waals surface area contributed by atoms with E-state index in [9.17, 15) is 0 Å². The molecule has 1 aliphatic rings. The summed E-state index contributed by atoms with van der Waals surface area (Å²) in [7, 11) is 0. The van der Waals surface area contributed by atoms with Crippen LogP contribution in [0.15, 0.2) is 60.7 Å². The quantitative estimate of drug-likeness (QED) is 0.799. The number of nitrogens with one attached hydrogen (secondary N) is 1. The maximum atomic E-state index is 3.75. The SMILES string of the molecule is c1ccc(CS[C@@H]2CCCC[C@H]2Nc2ccccc2)cc1. The molecule has 3 rings (SSSR count). The Bertz CT molecular complexity index is 526. The van der Waals surface area contributed by atoms with Crippen molar-refractivity contribution in [1.29, 1.82) is 0 Å². The van der Waals surface area contributed by atoms with Gasteiger partial charge in [-0.1, -0.05) is 61.4 Å². The minimum Gasteiger partial charge on any atom is -0.381 e. The van der Waals surface area contributed by atoms with Crippen molar-refractivity contribution in [2.75, 3.05) is 5.32 Å². The van der Waals surface area contributed by atoms with Crippen molar-refractivity contribution in [2.24, 2.45) is 0 Å². The van der Waals surface area contributed by atoms with Crippen LogP contribution in [0.4, 0.5) is 5.69 Å². The monoisotopic (exact) mass is 297 g/mol. The number of thioether (sulfide) groups is 1. The Morgan fingerprint density at radius 2 is 1.52 bits per heavy atom. The summed E-state index contributed by atoms with van der Waals surface area (Å²) in [4.78, 5) is 0. The molecular formula is C19H23NS. The van der Waals surface area contributed by atoms with Crippen molar-refractivity contribution in [3.8, 4) is 0 Å². The third kappa shape index (κ3) is 4.28. The first kappa shape index (κ1) is 14.5. The zero-order valence-electron chi connectivity index (χ0n) is 12.4. The molecule has 0 aromatic heterocycles. The molecule has 110 valence electrons. The van der Waals surface area contributed by atoms with Gasteiger partial charge >= 0.3 is 0 Å². The van der Waals surface area contributed by atoms with Gasteiger partial charge in [0.2, 0.25) is 0 Å². The fourth-order valence-corrected chi connectivity index (χ4v) is 4.36. The van der Waals surface area contributed by atoms with Crippen LogP contribution >= 0.6 is 11.8 Å². The smallest absolute Gasteiger partial charge is 0.0380 e. The Morgan fingerprint density at radius 1 is 0.857 bits per heavy atom. The lowest BCUT2D eigenvalue weighted by Gasteiger charge is -2.32. The Hall–Kier alpha value is -1.41. The van der Waals surface area contributed by atoms with Crippen LogP contribution < -0.4 is 5.32 Å². The van der Waals surface area contributed by atoms with Crippen molar-refractivity contribution in [1.82, 2.24) is 0 Å². The Labute approximate surface area is 132 Å². The molecule has 21 heavy (non-hydrogen) atoms. The first-order valence-corrected chi connectivity index (χ1v) is 8.94. The summed E-state index contributed by atoms with van der Waals surface area (Å²) in [6.45, 7) is 0. The summed E-state index contributed by atoms with van der Waals surface area (Å²) in [5.41, 5.74) is 2.70. The lowest BCUT2D eigenvalue weighted by Crippen LogP contribution is -2.34. The normalized spacial score (nSPS) is 21.9. The third-order valence-corrected chi connectivity index (χ3v) is 5.63. The molecule has 2 atom stereocenters. The predicted octanol–water partition coefficient (Wildman–Crippen LogP) is 5.34. The lowest BCUT2D eigenvalue weighted by atomic mass is 9.94. The van der Waals surface area contributed by atoms with Crippen molar-refractivity contribution in [3.63, 3.8) is 0 Å². The minimum atomic E-state index is 0.606. The molecule has 1 aliphatic carbocycles. The minimum absolute atomic E-state index is 0.606. The fraction of sp³-hybridized carbons (Fsp3) is 0.368. The maximum absolute atomic E-state index is 3.75. The largest absolute Gasteiger partial charge is 0.381 e. The summed E-state index contributed by atoms with van der Waals surface area (Å²) in [5, 5.41) is 4.47. The van der Waals surface area contributed by atoms with Crippen LogP contribution in [0.3, 0.4) is 0 Å². The van der Waals surface area contributed by atoms with Gasteiger partial charge in [-0.25, -0.2) is 0 Å². The van der Waals surface area contributed by atoms with Gasteiger partial charge in [0.15, 0.2) is 0 Å². The molecule has 0 spiro atoms. The molecule has 2 heteroatoms. The lowest BCUT2D eigenvalue weighted by molar-refractivity contribution is 0.474. The Balaban J connectivity index is 1.59. The highest BCUT2D eigenvalue weighted by Gasteiger charge is 2.25. The predicted molar refractivity (Wildman–Crippen MR) is 93.8 cm³/mol. The Morgan fingerprint density at radius 3 is 2.29 bits per heavy atom. The van der Waals surface area contributed by atoms with Crippen LogP contribution in [0.2, 0.25) is 0 Å². The van der Waals surface area contributed by atoms with Gasteiger partial charge in [0.1, 0.15) is 0 Å². The zero-order valence-corrected chi connectivity index (χ0v) is 13.2. The molecule has 2 aromatic carbocycles. The van der Waals surface area contributed by atoms with E-state index in [0.717, 1.165) is 11.0 Å². The summed E-state index contributed by atoms with van der Waals surface area (Å²) in [6.07, 6.45) is 5.36. The standard InChI is InChI=1S/C19H23NS/c1-3-9-16(10-4-1)15-21-19-14-8-7-13-18(19)20-17-11-5-2-6-12-17/h1-6,9-12,18-20H,7-8,13-15H2/t18-,19-/m1/s1. The van der Waals surface area contributed by atoms with Gasteiger partial charge in [-0.3, -0.25) is 0 Å². The van der Waals surface area contributed by atoms with E-state index in [1.807, 2.05) is 0 Å². The van der Waals surface area contributed by atoms with Crippen molar-refractivity contribution >= 4 is 17.4 Å². The van der Waals surface area contributed by atoms with Crippen LogP contribution in [0.25, 0.3) is 0 Å². The molecular weight excluding hydrogens is 274 g/mol. The van der Waals surface area contributed by atoms with Crippen molar-refractivity contribution in [2.45, 2.75) is 42.7 Å². The third-order valence-electron chi connectivity index (χ3n) is 4.14. The molecule has 1 N–H and O–H groups in total. The summed E-state index contributed by atoms with van der Waals surface area (Å²) in [5.74, 6) is 1.12. The first-order chi connectivity index (χ1) is 10.4. The van der Waals surface area contributed by atoms with Gasteiger partial charge in [0.05, 0.1) is 0 Å². The highest BCUT2D eigenvalue weighted by molar-refractivity contribution is 7.99. The molecule has 2 aromatic rings. The van der Waals surface area contributed by atoms with E-state index in [1.165, 1.54) is 36.9 Å². The van der Waals surface area contributed by atoms with Crippen LogP contribution in [0, 0.1) is 0 Å². The summed E-state index contributed by atoms with van der Waals surface area (Å²) in [6, 6.07) is 22.1. The van der Waals surface area contributed by atoms with E-state index in [4.69, 9.17) is 0 Å². The van der Waals surface area contributed by atoms with Crippen LogP contribution in [-0.4, -0.2) is 11.3 Å². The number of benzene rings is 2. The second-order valence-corrected chi connectivity index (χ2v) is 6.96. The van der Waals surface area contributed by atoms with Crippen LogP contribution in [0.5, 0.6) is 0 Å². The van der Waals surface area contributed by atoms with E-state index < -0.39 is 0 Å². The Kier molecular flexibility index (Phi) is 5.23. The van der Waals surface area contributed by atoms with Crippen LogP contribution in [0.1, 0.15) is 31.2 Å². The van der Waals surface area contributed by atoms with Gasteiger partial charge in [0.25, 0.3) is 0 Å². The number of rotatable bonds is 5. The molecule has 1 fully saturated rings. The van der Waals surface area contributed by atoms with E-state index in [-0.39, 0.29) is 0 Å². The molecule has 0 bridgehead atoms. The second kappa shape index (κ2) is 7.56. The average Bonchev–Trinajstić information content (AvgIpc) is 2.56. The van der Waals surface area contributed by atoms with Gasteiger partial charge in [-0.15, -0.1) is 0 Å². The highest BCUT2D eigenvalue weighted by atomic mass is 32.2. The molecule has 0 unspecified atom stereocenters. The summed E-state index contributed by atoms with van der Waals surface area (Å²) >= 11 is 2.12. The molecule has 0 saturated heterocycles. The molecule has 0 amide bonds. The fourth-order valence-electron chi connectivity index (χ4n) is 2.99. The number of anilines is 1. The average molecular weight is 297 g/mol. The number of hydrogen-bond donors (Lipinski definition) is 1.